The van der Waals surface area contributed by atoms with Gasteiger partial charge >= 0.3 is 0 Å². The molecule has 0 radical (unpaired) electrons. The molecule has 1 aliphatic heterocycles. The number of nitrogens with zero attached hydrogens (tertiary/aromatic N) is 2. The second kappa shape index (κ2) is 7.12. The van der Waals surface area contributed by atoms with Crippen LogP contribution in [0.15, 0.2) is 72.8 Å². The Morgan fingerprint density at radius 2 is 1.63 bits per heavy atom. The van der Waals surface area contributed by atoms with Crippen LogP contribution in [-0.2, 0) is 0 Å². The summed E-state index contributed by atoms with van der Waals surface area (Å²) < 4.78 is 5.26. The molecule has 4 rings (SSSR count). The van der Waals surface area contributed by atoms with E-state index in [-0.39, 0.29) is 6.17 Å². The van der Waals surface area contributed by atoms with E-state index in [9.17, 15) is 0 Å². The predicted octanol–water partition coefficient (Wildman–Crippen LogP) is 4.21. The van der Waals surface area contributed by atoms with Crippen molar-refractivity contribution < 1.29 is 4.74 Å². The standard InChI is InChI=1S/C21H21ClN4O/c1-27-17-11-9-15(10-12-17)26-20(23)18-7-2-3-8-19(18)25(21(26)24)16-6-4-5-14(22)13-16/h2-13,20-21H,23-24H2,1H3. The summed E-state index contributed by atoms with van der Waals surface area (Å²) in [6, 6.07) is 23.4. The van der Waals surface area contributed by atoms with Gasteiger partial charge in [0.05, 0.1) is 12.8 Å². The van der Waals surface area contributed by atoms with Crippen molar-refractivity contribution in [1.29, 1.82) is 0 Å². The molecule has 138 valence electrons. The molecule has 0 aromatic heterocycles. The molecule has 2 unspecified atom stereocenters. The van der Waals surface area contributed by atoms with Gasteiger partial charge in [0.15, 0.2) is 6.29 Å². The van der Waals surface area contributed by atoms with Crippen molar-refractivity contribution in [2.24, 2.45) is 11.5 Å². The van der Waals surface area contributed by atoms with Gasteiger partial charge in [0, 0.05) is 22.0 Å². The highest BCUT2D eigenvalue weighted by Crippen LogP contribution is 2.42. The minimum absolute atomic E-state index is 0.375. The molecule has 0 amide bonds. The topological polar surface area (TPSA) is 67.8 Å². The average Bonchev–Trinajstić information content (AvgIpc) is 2.69. The van der Waals surface area contributed by atoms with E-state index in [0.717, 1.165) is 28.4 Å². The molecule has 5 nitrogen and oxygen atoms in total. The number of hydrogen-bond acceptors (Lipinski definition) is 5. The number of fused-ring (bicyclic) bond motifs is 1. The fraction of sp³-hybridized carbons (Fsp3) is 0.143. The van der Waals surface area contributed by atoms with Gasteiger partial charge in [0.1, 0.15) is 11.9 Å². The molecule has 3 aromatic rings. The van der Waals surface area contributed by atoms with Crippen molar-refractivity contribution in [2.45, 2.75) is 12.5 Å². The third-order valence-corrected chi connectivity index (χ3v) is 5.06. The minimum Gasteiger partial charge on any atom is -0.497 e. The fourth-order valence-corrected chi connectivity index (χ4v) is 3.71. The lowest BCUT2D eigenvalue weighted by Gasteiger charge is -2.48. The molecule has 0 fully saturated rings. The van der Waals surface area contributed by atoms with E-state index >= 15 is 0 Å². The largest absolute Gasteiger partial charge is 0.497 e. The van der Waals surface area contributed by atoms with Crippen molar-refractivity contribution in [1.82, 2.24) is 0 Å². The summed E-state index contributed by atoms with van der Waals surface area (Å²) in [6.07, 6.45) is -0.873. The van der Waals surface area contributed by atoms with Crippen LogP contribution in [0.5, 0.6) is 5.75 Å². The lowest BCUT2D eigenvalue weighted by Crippen LogP contribution is -2.59. The Morgan fingerprint density at radius 1 is 0.889 bits per heavy atom. The lowest BCUT2D eigenvalue weighted by molar-refractivity contribution is 0.414. The van der Waals surface area contributed by atoms with Crippen molar-refractivity contribution in [3.05, 3.63) is 83.4 Å². The van der Waals surface area contributed by atoms with Gasteiger partial charge < -0.3 is 20.3 Å². The zero-order chi connectivity index (χ0) is 19.0. The number of rotatable bonds is 3. The Hall–Kier alpha value is -2.73. The second-order valence-corrected chi connectivity index (χ2v) is 6.81. The Labute approximate surface area is 163 Å². The molecule has 0 saturated carbocycles. The van der Waals surface area contributed by atoms with Gasteiger partial charge in [-0.05, 0) is 48.5 Å². The van der Waals surface area contributed by atoms with Gasteiger partial charge in [-0.25, -0.2) is 0 Å². The van der Waals surface area contributed by atoms with Gasteiger partial charge in [0.25, 0.3) is 0 Å². The Kier molecular flexibility index (Phi) is 4.66. The zero-order valence-corrected chi connectivity index (χ0v) is 15.7. The quantitative estimate of drug-likeness (QED) is 0.712. The molecule has 1 heterocycles. The van der Waals surface area contributed by atoms with E-state index in [1.165, 1.54) is 0 Å². The van der Waals surface area contributed by atoms with Crippen molar-refractivity contribution in [3.8, 4) is 5.75 Å². The summed E-state index contributed by atoms with van der Waals surface area (Å²) in [4.78, 5) is 4.04. The number of benzene rings is 3. The highest BCUT2D eigenvalue weighted by Gasteiger charge is 2.36. The van der Waals surface area contributed by atoms with Crippen LogP contribution in [0.1, 0.15) is 11.7 Å². The van der Waals surface area contributed by atoms with Crippen LogP contribution in [0.2, 0.25) is 5.02 Å². The van der Waals surface area contributed by atoms with Crippen molar-refractivity contribution >= 4 is 28.7 Å². The van der Waals surface area contributed by atoms with E-state index in [2.05, 4.69) is 4.90 Å². The van der Waals surface area contributed by atoms with Gasteiger partial charge in [0.2, 0.25) is 0 Å². The number of anilines is 3. The van der Waals surface area contributed by atoms with Crippen LogP contribution < -0.4 is 26.0 Å². The Bertz CT molecular complexity index is 947. The van der Waals surface area contributed by atoms with Gasteiger partial charge in [-0.1, -0.05) is 35.9 Å². The maximum Gasteiger partial charge on any atom is 0.161 e. The molecule has 0 saturated heterocycles. The van der Waals surface area contributed by atoms with E-state index < -0.39 is 6.29 Å². The first kappa shape index (κ1) is 17.7. The van der Waals surface area contributed by atoms with Crippen LogP contribution >= 0.6 is 11.6 Å². The van der Waals surface area contributed by atoms with Crippen LogP contribution in [-0.4, -0.2) is 13.4 Å². The summed E-state index contributed by atoms with van der Waals surface area (Å²) in [5.74, 6) is 0.782. The van der Waals surface area contributed by atoms with Crippen LogP contribution in [0.4, 0.5) is 17.1 Å². The molecular weight excluding hydrogens is 360 g/mol. The van der Waals surface area contributed by atoms with Gasteiger partial charge in [-0.15, -0.1) is 0 Å². The summed E-state index contributed by atoms with van der Waals surface area (Å²) in [5, 5.41) is 0.656. The van der Waals surface area contributed by atoms with Crippen molar-refractivity contribution in [2.75, 3.05) is 16.9 Å². The molecule has 3 aromatic carbocycles. The molecule has 1 aliphatic rings. The van der Waals surface area contributed by atoms with Crippen LogP contribution in [0.3, 0.4) is 0 Å². The number of methoxy groups -OCH3 is 1. The highest BCUT2D eigenvalue weighted by molar-refractivity contribution is 6.30. The first-order valence-corrected chi connectivity index (χ1v) is 9.05. The predicted molar refractivity (Wildman–Crippen MR) is 110 cm³/mol. The molecule has 4 N–H and O–H groups in total. The minimum atomic E-state index is -0.498. The lowest BCUT2D eigenvalue weighted by atomic mass is 10.0. The molecule has 2 atom stereocenters. The van der Waals surface area contributed by atoms with Crippen LogP contribution in [0, 0.1) is 0 Å². The molecule has 27 heavy (non-hydrogen) atoms. The van der Waals surface area contributed by atoms with E-state index in [1.807, 2.05) is 77.7 Å². The third kappa shape index (κ3) is 3.10. The Morgan fingerprint density at radius 3 is 2.33 bits per heavy atom. The van der Waals surface area contributed by atoms with E-state index in [4.69, 9.17) is 27.8 Å². The fourth-order valence-electron chi connectivity index (χ4n) is 3.52. The number of ether oxygens (including phenoxy) is 1. The normalized spacial score (nSPS) is 19.0. The number of hydrogen-bond donors (Lipinski definition) is 2. The average molecular weight is 381 g/mol. The first-order chi connectivity index (χ1) is 13.1. The smallest absolute Gasteiger partial charge is 0.161 e. The number of para-hydroxylation sites is 1. The number of halogens is 1. The van der Waals surface area contributed by atoms with E-state index in [0.29, 0.717) is 5.02 Å². The van der Waals surface area contributed by atoms with E-state index in [1.54, 1.807) is 7.11 Å². The second-order valence-electron chi connectivity index (χ2n) is 6.37. The molecule has 0 aliphatic carbocycles. The molecule has 0 spiro atoms. The van der Waals surface area contributed by atoms with Gasteiger partial charge in [-0.3, -0.25) is 5.73 Å². The molecular formula is C21H21ClN4O. The summed E-state index contributed by atoms with van der Waals surface area (Å²) in [5.41, 5.74) is 17.1. The first-order valence-electron chi connectivity index (χ1n) is 8.67. The highest BCUT2D eigenvalue weighted by atomic mass is 35.5. The maximum absolute atomic E-state index is 6.71. The SMILES string of the molecule is COc1ccc(N2C(N)c3ccccc3N(c3cccc(Cl)c3)C2N)cc1. The molecule has 6 heteroatoms. The summed E-state index contributed by atoms with van der Waals surface area (Å²) >= 11 is 6.23. The van der Waals surface area contributed by atoms with Crippen molar-refractivity contribution in [3.63, 3.8) is 0 Å². The van der Waals surface area contributed by atoms with Gasteiger partial charge in [-0.2, -0.15) is 0 Å². The summed E-state index contributed by atoms with van der Waals surface area (Å²) in [6.45, 7) is 0. The Balaban J connectivity index is 1.84. The molecule has 0 bridgehead atoms. The number of nitrogens with two attached hydrogens (primary N) is 2. The summed E-state index contributed by atoms with van der Waals surface area (Å²) in [7, 11) is 1.64. The zero-order valence-electron chi connectivity index (χ0n) is 14.9. The third-order valence-electron chi connectivity index (χ3n) is 4.82. The monoisotopic (exact) mass is 380 g/mol. The maximum atomic E-state index is 6.71. The van der Waals surface area contributed by atoms with Crippen LogP contribution in [0.25, 0.3) is 0 Å².